The van der Waals surface area contributed by atoms with Crippen LogP contribution in [0.1, 0.15) is 0 Å². The van der Waals surface area contributed by atoms with Gasteiger partial charge in [-0.15, -0.1) is 0 Å². The molecule has 0 atom stereocenters. The molecule has 0 aliphatic heterocycles. The molecule has 9 aromatic rings. The molecule has 0 aromatic heterocycles. The summed E-state index contributed by atoms with van der Waals surface area (Å²) >= 11 is 0. The van der Waals surface area contributed by atoms with Crippen molar-refractivity contribution in [2.45, 2.75) is 0 Å². The monoisotopic (exact) mass is 647 g/mol. The number of benzene rings is 9. The van der Waals surface area contributed by atoms with Crippen LogP contribution in [0, 0.1) is 0 Å². The number of rotatable bonds is 6. The van der Waals surface area contributed by atoms with Crippen molar-refractivity contribution in [1.29, 1.82) is 0 Å². The van der Waals surface area contributed by atoms with E-state index in [1.807, 2.05) is 0 Å². The van der Waals surface area contributed by atoms with Crippen LogP contribution < -0.4 is 4.90 Å². The zero-order valence-electron chi connectivity index (χ0n) is 28.0. The molecule has 1 heteroatoms. The lowest BCUT2D eigenvalue weighted by atomic mass is 9.77. The second-order valence-corrected chi connectivity index (χ2v) is 13.4. The number of anilines is 3. The van der Waals surface area contributed by atoms with E-state index in [1.165, 1.54) is 77.2 Å². The van der Waals surface area contributed by atoms with Crippen molar-refractivity contribution < 1.29 is 0 Å². The topological polar surface area (TPSA) is 3.24 Å². The first-order valence-electron chi connectivity index (χ1n) is 17.6. The minimum Gasteiger partial charge on any atom is -0.310 e. The molecular formula is C50H33N. The fourth-order valence-corrected chi connectivity index (χ4v) is 7.72. The van der Waals surface area contributed by atoms with Gasteiger partial charge in [-0.1, -0.05) is 133 Å². The second-order valence-electron chi connectivity index (χ2n) is 13.4. The quantitative estimate of drug-likeness (QED) is 0.174. The number of hydrogen-bond acceptors (Lipinski definition) is 1. The van der Waals surface area contributed by atoms with Crippen LogP contribution in [0.15, 0.2) is 200 Å². The number of nitrogens with zero attached hydrogens (tertiary/aromatic N) is 1. The highest BCUT2D eigenvalue weighted by Crippen LogP contribution is 2.51. The normalized spacial score (nSPS) is 11.5. The zero-order chi connectivity index (χ0) is 33.7. The van der Waals surface area contributed by atoms with Crippen molar-refractivity contribution in [2.24, 2.45) is 0 Å². The first-order valence-corrected chi connectivity index (χ1v) is 17.6. The number of fused-ring (bicyclic) bond motifs is 6. The van der Waals surface area contributed by atoms with E-state index < -0.39 is 0 Å². The molecule has 9 aromatic carbocycles. The number of hydrogen-bond donors (Lipinski definition) is 0. The third-order valence-electron chi connectivity index (χ3n) is 10.3. The Morgan fingerprint density at radius 1 is 0.216 bits per heavy atom. The van der Waals surface area contributed by atoms with E-state index in [0.717, 1.165) is 17.1 Å². The Kier molecular flexibility index (Phi) is 6.89. The molecule has 238 valence electrons. The molecule has 0 fully saturated rings. The smallest absolute Gasteiger partial charge is 0.0468 e. The summed E-state index contributed by atoms with van der Waals surface area (Å²) in [4.78, 5) is 2.39. The van der Waals surface area contributed by atoms with E-state index >= 15 is 0 Å². The van der Waals surface area contributed by atoms with Gasteiger partial charge < -0.3 is 4.90 Å². The van der Waals surface area contributed by atoms with Crippen LogP contribution in [-0.4, -0.2) is 0 Å². The molecule has 0 heterocycles. The van der Waals surface area contributed by atoms with Crippen LogP contribution in [0.2, 0.25) is 0 Å². The maximum Gasteiger partial charge on any atom is 0.0468 e. The molecule has 0 saturated carbocycles. The SMILES string of the molecule is c1ccc(-c2cccc(N(c3cccc(-c4ccccc4)c3)c3ccc4cc5c(cc4c3)-c3cc4ccc(-c6ccccc6)cc4cc3-5)c2)cc1. The molecule has 10 rings (SSSR count). The van der Waals surface area contributed by atoms with Crippen molar-refractivity contribution in [2.75, 3.05) is 4.90 Å². The highest BCUT2D eigenvalue weighted by Gasteiger charge is 2.24. The third-order valence-corrected chi connectivity index (χ3v) is 10.3. The molecule has 0 amide bonds. The Morgan fingerprint density at radius 2 is 0.588 bits per heavy atom. The summed E-state index contributed by atoms with van der Waals surface area (Å²) in [6.07, 6.45) is 0. The lowest BCUT2D eigenvalue weighted by Crippen LogP contribution is -2.10. The fraction of sp³-hybridized carbons (Fsp3) is 0. The standard InChI is InChI=1S/C50H33N/c1-4-12-34(13-5-1)37-18-10-20-44(27-37)51(45-21-11-19-38(28-45)35-14-6-2-7-15-35)46-25-24-41-31-48-49-32-42-26-39(36-16-8-3-9-17-36)22-23-40(42)30-47(49)50(48)33-43(41)29-46/h1-33H. The predicted molar refractivity (Wildman–Crippen MR) is 217 cm³/mol. The van der Waals surface area contributed by atoms with Gasteiger partial charge in [0.2, 0.25) is 0 Å². The van der Waals surface area contributed by atoms with E-state index in [-0.39, 0.29) is 0 Å². The molecule has 1 nitrogen and oxygen atoms in total. The van der Waals surface area contributed by atoms with Crippen molar-refractivity contribution in [3.05, 3.63) is 200 Å². The Balaban J connectivity index is 1.08. The van der Waals surface area contributed by atoms with E-state index in [0.29, 0.717) is 0 Å². The Labute approximate surface area is 298 Å². The first kappa shape index (κ1) is 29.2. The molecule has 0 spiro atoms. The van der Waals surface area contributed by atoms with Gasteiger partial charge in [0.1, 0.15) is 0 Å². The summed E-state index contributed by atoms with van der Waals surface area (Å²) in [7, 11) is 0. The van der Waals surface area contributed by atoms with Gasteiger partial charge in [-0.3, -0.25) is 0 Å². The van der Waals surface area contributed by atoms with Gasteiger partial charge in [0, 0.05) is 17.1 Å². The summed E-state index contributed by atoms with van der Waals surface area (Å²) in [5.41, 5.74) is 16.0. The molecule has 1 aliphatic carbocycles. The average molecular weight is 648 g/mol. The van der Waals surface area contributed by atoms with Crippen LogP contribution in [0.25, 0.3) is 77.2 Å². The summed E-state index contributed by atoms with van der Waals surface area (Å²) in [5, 5.41) is 5.04. The maximum atomic E-state index is 2.39. The minimum absolute atomic E-state index is 1.12. The minimum atomic E-state index is 1.12. The zero-order valence-corrected chi connectivity index (χ0v) is 28.0. The molecule has 0 bridgehead atoms. The van der Waals surface area contributed by atoms with Gasteiger partial charge in [-0.2, -0.15) is 0 Å². The van der Waals surface area contributed by atoms with Gasteiger partial charge in [-0.05, 0) is 144 Å². The second kappa shape index (κ2) is 12.0. The molecule has 0 unspecified atom stereocenters. The molecular weight excluding hydrogens is 615 g/mol. The Hall–Kier alpha value is -6.70. The summed E-state index contributed by atoms with van der Waals surface area (Å²) in [6, 6.07) is 72.9. The lowest BCUT2D eigenvalue weighted by Gasteiger charge is -2.28. The Morgan fingerprint density at radius 3 is 1.08 bits per heavy atom. The van der Waals surface area contributed by atoms with E-state index in [2.05, 4.69) is 205 Å². The fourth-order valence-electron chi connectivity index (χ4n) is 7.72. The molecule has 1 aliphatic rings. The molecule has 0 N–H and O–H groups in total. The summed E-state index contributed by atoms with van der Waals surface area (Å²) in [5.74, 6) is 0. The molecule has 0 saturated heterocycles. The van der Waals surface area contributed by atoms with Crippen molar-refractivity contribution in [3.63, 3.8) is 0 Å². The van der Waals surface area contributed by atoms with Crippen molar-refractivity contribution in [1.82, 2.24) is 0 Å². The van der Waals surface area contributed by atoms with Crippen LogP contribution in [-0.2, 0) is 0 Å². The van der Waals surface area contributed by atoms with Gasteiger partial charge in [0.25, 0.3) is 0 Å². The summed E-state index contributed by atoms with van der Waals surface area (Å²) in [6.45, 7) is 0. The van der Waals surface area contributed by atoms with E-state index in [1.54, 1.807) is 0 Å². The Bertz CT molecular complexity index is 2650. The largest absolute Gasteiger partial charge is 0.310 e. The van der Waals surface area contributed by atoms with Crippen LogP contribution in [0.3, 0.4) is 0 Å². The average Bonchev–Trinajstić information content (AvgIpc) is 3.21. The van der Waals surface area contributed by atoms with E-state index in [9.17, 15) is 0 Å². The molecule has 0 radical (unpaired) electrons. The van der Waals surface area contributed by atoms with Crippen molar-refractivity contribution in [3.8, 4) is 55.6 Å². The highest BCUT2D eigenvalue weighted by atomic mass is 15.1. The summed E-state index contributed by atoms with van der Waals surface area (Å²) < 4.78 is 0. The lowest BCUT2D eigenvalue weighted by molar-refractivity contribution is 1.29. The predicted octanol–water partition coefficient (Wildman–Crippen LogP) is 14.1. The van der Waals surface area contributed by atoms with Gasteiger partial charge in [0.05, 0.1) is 0 Å². The van der Waals surface area contributed by atoms with Gasteiger partial charge in [-0.25, -0.2) is 0 Å². The van der Waals surface area contributed by atoms with E-state index in [4.69, 9.17) is 0 Å². The van der Waals surface area contributed by atoms with Gasteiger partial charge >= 0.3 is 0 Å². The van der Waals surface area contributed by atoms with Crippen LogP contribution in [0.5, 0.6) is 0 Å². The third kappa shape index (κ3) is 5.19. The maximum absolute atomic E-state index is 2.39. The van der Waals surface area contributed by atoms with Crippen LogP contribution >= 0.6 is 0 Å². The first-order chi connectivity index (χ1) is 25.2. The van der Waals surface area contributed by atoms with Crippen molar-refractivity contribution >= 4 is 38.6 Å². The molecule has 51 heavy (non-hydrogen) atoms. The highest BCUT2D eigenvalue weighted by molar-refractivity contribution is 6.12. The van der Waals surface area contributed by atoms with Crippen LogP contribution in [0.4, 0.5) is 17.1 Å². The van der Waals surface area contributed by atoms with Gasteiger partial charge in [0.15, 0.2) is 0 Å².